The lowest BCUT2D eigenvalue weighted by atomic mass is 10.0. The standard InChI is InChI=1S/C20H25N5S/c1-13-6-8-16(9-7-13)10-18-14(2)21-15(3)22-19(18)24-20-23-17(12-26-20)11-25(4)5/h6-9,12H,10-11H2,1-5H3,(H,21,22,23,24). The Morgan fingerprint density at radius 1 is 1.00 bits per heavy atom. The van der Waals surface area contributed by atoms with E-state index in [-0.39, 0.29) is 0 Å². The Labute approximate surface area is 159 Å². The summed E-state index contributed by atoms with van der Waals surface area (Å²) in [5.41, 5.74) is 5.70. The number of aryl methyl sites for hydroxylation is 3. The summed E-state index contributed by atoms with van der Waals surface area (Å²) >= 11 is 1.61. The molecular formula is C20H25N5S. The Hall–Kier alpha value is -2.31. The van der Waals surface area contributed by atoms with Crippen LogP contribution in [0.5, 0.6) is 0 Å². The van der Waals surface area contributed by atoms with Crippen molar-refractivity contribution in [3.63, 3.8) is 0 Å². The number of thiazole rings is 1. The molecule has 2 heterocycles. The minimum atomic E-state index is 0.766. The number of anilines is 2. The van der Waals surface area contributed by atoms with E-state index in [9.17, 15) is 0 Å². The van der Waals surface area contributed by atoms with E-state index >= 15 is 0 Å². The van der Waals surface area contributed by atoms with Gasteiger partial charge in [0.05, 0.1) is 5.69 Å². The molecule has 0 saturated carbocycles. The zero-order valence-electron chi connectivity index (χ0n) is 16.0. The van der Waals surface area contributed by atoms with Crippen molar-refractivity contribution in [1.29, 1.82) is 0 Å². The molecule has 2 aromatic heterocycles. The van der Waals surface area contributed by atoms with Crippen LogP contribution in [-0.4, -0.2) is 33.9 Å². The fraction of sp³-hybridized carbons (Fsp3) is 0.350. The molecular weight excluding hydrogens is 342 g/mol. The Balaban J connectivity index is 1.88. The average Bonchev–Trinajstić information content (AvgIpc) is 2.98. The molecule has 0 bridgehead atoms. The Morgan fingerprint density at radius 2 is 1.73 bits per heavy atom. The number of nitrogens with zero attached hydrogens (tertiary/aromatic N) is 4. The van der Waals surface area contributed by atoms with Crippen molar-refractivity contribution in [3.8, 4) is 0 Å². The van der Waals surface area contributed by atoms with Gasteiger partial charge in [0, 0.05) is 29.6 Å². The Bertz CT molecular complexity index is 884. The Morgan fingerprint density at radius 3 is 2.42 bits per heavy atom. The summed E-state index contributed by atoms with van der Waals surface area (Å²) in [6.07, 6.45) is 0.796. The van der Waals surface area contributed by atoms with Gasteiger partial charge in [0.15, 0.2) is 5.13 Å². The zero-order chi connectivity index (χ0) is 18.7. The number of rotatable bonds is 6. The van der Waals surface area contributed by atoms with Crippen LogP contribution in [-0.2, 0) is 13.0 Å². The van der Waals surface area contributed by atoms with Crippen LogP contribution in [0.15, 0.2) is 29.6 Å². The van der Waals surface area contributed by atoms with Gasteiger partial charge in [0.1, 0.15) is 11.6 Å². The smallest absolute Gasteiger partial charge is 0.188 e. The maximum Gasteiger partial charge on any atom is 0.188 e. The van der Waals surface area contributed by atoms with Gasteiger partial charge < -0.3 is 10.2 Å². The van der Waals surface area contributed by atoms with Crippen molar-refractivity contribution < 1.29 is 0 Å². The normalized spacial score (nSPS) is 11.2. The summed E-state index contributed by atoms with van der Waals surface area (Å²) in [7, 11) is 4.09. The van der Waals surface area contributed by atoms with Crippen LogP contribution in [0.1, 0.15) is 33.9 Å². The molecule has 3 rings (SSSR count). The lowest BCUT2D eigenvalue weighted by Crippen LogP contribution is -2.11. The van der Waals surface area contributed by atoms with Gasteiger partial charge in [-0.3, -0.25) is 0 Å². The topological polar surface area (TPSA) is 53.9 Å². The first kappa shape index (κ1) is 18.5. The van der Waals surface area contributed by atoms with Crippen LogP contribution in [0.3, 0.4) is 0 Å². The predicted molar refractivity (Wildman–Crippen MR) is 108 cm³/mol. The van der Waals surface area contributed by atoms with E-state index in [4.69, 9.17) is 0 Å². The first-order valence-corrected chi connectivity index (χ1v) is 9.54. The number of aromatic nitrogens is 3. The summed E-state index contributed by atoms with van der Waals surface area (Å²) in [5.74, 6) is 1.61. The molecule has 0 fully saturated rings. The fourth-order valence-corrected chi connectivity index (χ4v) is 3.52. The zero-order valence-corrected chi connectivity index (χ0v) is 16.8. The quantitative estimate of drug-likeness (QED) is 0.706. The molecule has 0 spiro atoms. The molecule has 1 aromatic carbocycles. The third kappa shape index (κ3) is 4.65. The van der Waals surface area contributed by atoms with Gasteiger partial charge in [-0.2, -0.15) is 0 Å². The monoisotopic (exact) mass is 367 g/mol. The van der Waals surface area contributed by atoms with E-state index in [1.165, 1.54) is 11.1 Å². The minimum Gasteiger partial charge on any atom is -0.316 e. The van der Waals surface area contributed by atoms with Gasteiger partial charge in [-0.25, -0.2) is 15.0 Å². The summed E-state index contributed by atoms with van der Waals surface area (Å²) < 4.78 is 0. The van der Waals surface area contributed by atoms with Crippen molar-refractivity contribution in [1.82, 2.24) is 19.9 Å². The highest BCUT2D eigenvalue weighted by molar-refractivity contribution is 7.13. The molecule has 3 aromatic rings. The summed E-state index contributed by atoms with van der Waals surface area (Å²) in [6.45, 7) is 6.90. The lowest BCUT2D eigenvalue weighted by Gasteiger charge is -2.13. The van der Waals surface area contributed by atoms with E-state index in [1.807, 2.05) is 27.9 Å². The molecule has 0 atom stereocenters. The van der Waals surface area contributed by atoms with Gasteiger partial charge in [0.2, 0.25) is 0 Å². The van der Waals surface area contributed by atoms with E-state index < -0.39 is 0 Å². The molecule has 26 heavy (non-hydrogen) atoms. The first-order valence-electron chi connectivity index (χ1n) is 8.66. The first-order chi connectivity index (χ1) is 12.4. The number of benzene rings is 1. The van der Waals surface area contributed by atoms with E-state index in [2.05, 4.69) is 61.7 Å². The molecule has 6 heteroatoms. The number of hydrogen-bond acceptors (Lipinski definition) is 6. The van der Waals surface area contributed by atoms with Crippen LogP contribution < -0.4 is 5.32 Å². The van der Waals surface area contributed by atoms with Crippen LogP contribution in [0, 0.1) is 20.8 Å². The third-order valence-electron chi connectivity index (χ3n) is 4.08. The highest BCUT2D eigenvalue weighted by atomic mass is 32.1. The SMILES string of the molecule is Cc1ccc(Cc2c(C)nc(C)nc2Nc2nc(CN(C)C)cs2)cc1. The maximum atomic E-state index is 4.67. The second-order valence-electron chi connectivity index (χ2n) is 6.85. The molecule has 0 amide bonds. The largest absolute Gasteiger partial charge is 0.316 e. The lowest BCUT2D eigenvalue weighted by molar-refractivity contribution is 0.398. The van der Waals surface area contributed by atoms with Gasteiger partial charge in [-0.05, 0) is 40.4 Å². The molecule has 136 valence electrons. The van der Waals surface area contributed by atoms with Crippen molar-refractivity contribution in [2.45, 2.75) is 33.7 Å². The predicted octanol–water partition coefficient (Wildman–Crippen LogP) is 4.25. The molecule has 0 saturated heterocycles. The number of hydrogen-bond donors (Lipinski definition) is 1. The Kier molecular flexibility index (Phi) is 5.64. The van der Waals surface area contributed by atoms with Gasteiger partial charge >= 0.3 is 0 Å². The molecule has 0 unspecified atom stereocenters. The minimum absolute atomic E-state index is 0.766. The fourth-order valence-electron chi connectivity index (χ4n) is 2.82. The number of nitrogens with one attached hydrogen (secondary N) is 1. The van der Waals surface area contributed by atoms with Crippen molar-refractivity contribution in [2.24, 2.45) is 0 Å². The summed E-state index contributed by atoms with van der Waals surface area (Å²) in [4.78, 5) is 16.0. The highest BCUT2D eigenvalue weighted by Crippen LogP contribution is 2.26. The van der Waals surface area contributed by atoms with Crippen molar-refractivity contribution in [2.75, 3.05) is 19.4 Å². The summed E-state index contributed by atoms with van der Waals surface area (Å²) in [6, 6.07) is 8.61. The molecule has 1 N–H and O–H groups in total. The molecule has 0 radical (unpaired) electrons. The molecule has 0 aliphatic heterocycles. The van der Waals surface area contributed by atoms with Crippen LogP contribution in [0.25, 0.3) is 0 Å². The van der Waals surface area contributed by atoms with Gasteiger partial charge in [-0.15, -0.1) is 11.3 Å². The summed E-state index contributed by atoms with van der Waals surface area (Å²) in [5, 5.41) is 6.37. The van der Waals surface area contributed by atoms with Crippen molar-refractivity contribution >= 4 is 22.3 Å². The van der Waals surface area contributed by atoms with E-state index in [0.717, 1.165) is 46.7 Å². The highest BCUT2D eigenvalue weighted by Gasteiger charge is 2.13. The second kappa shape index (κ2) is 7.93. The molecule has 0 aliphatic rings. The third-order valence-corrected chi connectivity index (χ3v) is 4.89. The molecule has 5 nitrogen and oxygen atoms in total. The van der Waals surface area contributed by atoms with Crippen LogP contribution in [0.4, 0.5) is 10.9 Å². The second-order valence-corrected chi connectivity index (χ2v) is 7.71. The average molecular weight is 368 g/mol. The van der Waals surface area contributed by atoms with Crippen molar-refractivity contribution in [3.05, 3.63) is 63.5 Å². The van der Waals surface area contributed by atoms with E-state index in [1.54, 1.807) is 11.3 Å². The maximum absolute atomic E-state index is 4.67. The van der Waals surface area contributed by atoms with Crippen LogP contribution >= 0.6 is 11.3 Å². The van der Waals surface area contributed by atoms with Gasteiger partial charge in [-0.1, -0.05) is 29.8 Å². The van der Waals surface area contributed by atoms with E-state index in [0.29, 0.717) is 0 Å². The van der Waals surface area contributed by atoms with Gasteiger partial charge in [0.25, 0.3) is 0 Å². The van der Waals surface area contributed by atoms with Crippen LogP contribution in [0.2, 0.25) is 0 Å². The molecule has 0 aliphatic carbocycles.